The Morgan fingerprint density at radius 3 is 2.46 bits per heavy atom. The number of carbonyl (C=O) groups excluding carboxylic acids is 3. The van der Waals surface area contributed by atoms with Crippen molar-refractivity contribution in [2.24, 2.45) is 5.41 Å². The molecule has 0 saturated heterocycles. The average molecular weight is 558 g/mol. The molecule has 0 saturated carbocycles. The fourth-order valence-corrected chi connectivity index (χ4v) is 4.46. The maximum atomic E-state index is 13.5. The number of nitrogens with zero attached hydrogens (tertiary/aromatic N) is 3. The van der Waals surface area contributed by atoms with E-state index >= 15 is 0 Å². The molecule has 1 heterocycles. The normalized spacial score (nSPS) is 12.5. The first kappa shape index (κ1) is 30.2. The molecule has 8 nitrogen and oxygen atoms in total. The minimum atomic E-state index is -0.839. The number of carbonyl (C=O) groups is 3. The second-order valence-corrected chi connectivity index (χ2v) is 11.3. The Balaban J connectivity index is 1.76. The summed E-state index contributed by atoms with van der Waals surface area (Å²) in [4.78, 5) is 40.4. The first-order valence-corrected chi connectivity index (χ1v) is 13.5. The summed E-state index contributed by atoms with van der Waals surface area (Å²) in [5.41, 5.74) is 1.06. The lowest BCUT2D eigenvalue weighted by Gasteiger charge is -2.30. The highest BCUT2D eigenvalue weighted by atomic mass is 35.5. The van der Waals surface area contributed by atoms with E-state index in [9.17, 15) is 18.8 Å². The second-order valence-electron chi connectivity index (χ2n) is 10.9. The van der Waals surface area contributed by atoms with E-state index < -0.39 is 17.4 Å². The van der Waals surface area contributed by atoms with Gasteiger partial charge in [-0.3, -0.25) is 24.0 Å². The maximum Gasteiger partial charge on any atom is 0.273 e. The molecular formula is C29H37ClFN5O3. The van der Waals surface area contributed by atoms with Crippen molar-refractivity contribution < 1.29 is 18.8 Å². The molecule has 0 aliphatic rings. The molecule has 1 aromatic heterocycles. The van der Waals surface area contributed by atoms with Crippen molar-refractivity contribution in [3.8, 4) is 0 Å². The van der Waals surface area contributed by atoms with Gasteiger partial charge in [-0.05, 0) is 54.8 Å². The van der Waals surface area contributed by atoms with E-state index in [-0.39, 0.29) is 23.2 Å². The molecule has 3 rings (SSSR count). The van der Waals surface area contributed by atoms with Crippen molar-refractivity contribution in [3.05, 3.63) is 64.6 Å². The molecular weight excluding hydrogens is 521 g/mol. The van der Waals surface area contributed by atoms with Crippen LogP contribution in [0.25, 0.3) is 10.9 Å². The zero-order valence-corrected chi connectivity index (χ0v) is 23.9. The molecule has 3 aromatic rings. The number of benzene rings is 2. The highest BCUT2D eigenvalue weighted by Crippen LogP contribution is 2.25. The summed E-state index contributed by atoms with van der Waals surface area (Å²) in [6.07, 6.45) is 1.34. The summed E-state index contributed by atoms with van der Waals surface area (Å²) < 4.78 is 15.0. The van der Waals surface area contributed by atoms with Gasteiger partial charge in [0.05, 0.1) is 18.6 Å². The van der Waals surface area contributed by atoms with Crippen LogP contribution in [0, 0.1) is 11.2 Å². The molecule has 0 aliphatic heterocycles. The van der Waals surface area contributed by atoms with Gasteiger partial charge in [-0.2, -0.15) is 5.10 Å². The molecule has 2 amide bonds. The molecule has 0 radical (unpaired) electrons. The van der Waals surface area contributed by atoms with E-state index in [4.69, 9.17) is 11.6 Å². The van der Waals surface area contributed by atoms with Gasteiger partial charge >= 0.3 is 0 Å². The first-order chi connectivity index (χ1) is 18.4. The summed E-state index contributed by atoms with van der Waals surface area (Å²) in [6.45, 7) is 9.07. The minimum Gasteiger partial charge on any atom is -0.353 e. The van der Waals surface area contributed by atoms with Crippen LogP contribution >= 0.6 is 11.6 Å². The number of halogens is 2. The van der Waals surface area contributed by atoms with Crippen LogP contribution in [0.3, 0.4) is 0 Å². The number of rotatable bonds is 12. The van der Waals surface area contributed by atoms with Crippen molar-refractivity contribution in [1.82, 2.24) is 25.3 Å². The monoisotopic (exact) mass is 557 g/mol. The van der Waals surface area contributed by atoms with Gasteiger partial charge in [0.15, 0.2) is 5.69 Å². The predicted molar refractivity (Wildman–Crippen MR) is 151 cm³/mol. The number of Topliss-reactive ketones (excluding diaryl/α,β-unsaturated/α-hetero) is 1. The zero-order valence-electron chi connectivity index (χ0n) is 23.2. The Kier molecular flexibility index (Phi) is 10.2. The third-order valence-corrected chi connectivity index (χ3v) is 6.58. The lowest BCUT2D eigenvalue weighted by molar-refractivity contribution is -0.125. The number of hydrogen-bond donors (Lipinski definition) is 2. The fraction of sp³-hybridized carbons (Fsp3) is 0.448. The number of nitrogens with one attached hydrogen (secondary N) is 2. The lowest BCUT2D eigenvalue weighted by Crippen LogP contribution is -2.54. The van der Waals surface area contributed by atoms with E-state index in [2.05, 4.69) is 15.7 Å². The van der Waals surface area contributed by atoms with Gasteiger partial charge in [-0.15, -0.1) is 0 Å². The Morgan fingerprint density at radius 1 is 1.13 bits per heavy atom. The van der Waals surface area contributed by atoms with Gasteiger partial charge in [0.2, 0.25) is 5.91 Å². The quantitative estimate of drug-likeness (QED) is 0.343. The number of fused-ring (bicyclic) bond motifs is 1. The van der Waals surface area contributed by atoms with Crippen molar-refractivity contribution in [1.29, 1.82) is 0 Å². The van der Waals surface area contributed by atoms with Crippen LogP contribution < -0.4 is 10.6 Å². The van der Waals surface area contributed by atoms with Crippen molar-refractivity contribution in [2.45, 2.75) is 53.1 Å². The van der Waals surface area contributed by atoms with E-state index in [1.165, 1.54) is 12.1 Å². The van der Waals surface area contributed by atoms with E-state index in [1.807, 2.05) is 39.6 Å². The van der Waals surface area contributed by atoms with Gasteiger partial charge in [0.1, 0.15) is 17.6 Å². The van der Waals surface area contributed by atoms with Crippen molar-refractivity contribution in [2.75, 3.05) is 26.7 Å². The molecule has 10 heteroatoms. The van der Waals surface area contributed by atoms with Crippen LogP contribution in [0.4, 0.5) is 4.39 Å². The Labute approximate surface area is 233 Å². The van der Waals surface area contributed by atoms with Gasteiger partial charge in [-0.1, -0.05) is 51.4 Å². The molecule has 0 bridgehead atoms. The highest BCUT2D eigenvalue weighted by Gasteiger charge is 2.34. The van der Waals surface area contributed by atoms with Gasteiger partial charge < -0.3 is 10.6 Å². The predicted octanol–water partition coefficient (Wildman–Crippen LogP) is 4.44. The summed E-state index contributed by atoms with van der Waals surface area (Å²) >= 11 is 6.24. The summed E-state index contributed by atoms with van der Waals surface area (Å²) in [5.74, 6) is -0.994. The Bertz CT molecular complexity index is 1320. The Morgan fingerprint density at radius 2 is 1.82 bits per heavy atom. The lowest BCUT2D eigenvalue weighted by atomic mass is 9.86. The number of hydrogen-bond acceptors (Lipinski definition) is 5. The molecule has 1 unspecified atom stereocenters. The van der Waals surface area contributed by atoms with Gasteiger partial charge in [0, 0.05) is 29.9 Å². The molecule has 1 atom stereocenters. The molecule has 0 spiro atoms. The third-order valence-electron chi connectivity index (χ3n) is 6.34. The summed E-state index contributed by atoms with van der Waals surface area (Å²) in [7, 11) is 1.83. The van der Waals surface area contributed by atoms with E-state index in [0.29, 0.717) is 48.5 Å². The van der Waals surface area contributed by atoms with Gasteiger partial charge in [-0.25, -0.2) is 4.39 Å². The number of amides is 2. The molecule has 0 fully saturated rings. The van der Waals surface area contributed by atoms with Gasteiger partial charge in [0.25, 0.3) is 5.91 Å². The maximum absolute atomic E-state index is 13.5. The number of likely N-dealkylation sites (N-methyl/N-ethyl adjacent to an activating group) is 1. The Hall–Kier alpha value is -3.30. The molecule has 2 aromatic carbocycles. The molecule has 0 aliphatic carbocycles. The highest BCUT2D eigenvalue weighted by molar-refractivity contribution is 6.31. The molecule has 210 valence electrons. The van der Waals surface area contributed by atoms with Crippen LogP contribution in [0.15, 0.2) is 42.5 Å². The molecule has 2 N–H and O–H groups in total. The molecule has 39 heavy (non-hydrogen) atoms. The van der Waals surface area contributed by atoms with Crippen LogP contribution in [0.1, 0.15) is 56.6 Å². The number of aromatic nitrogens is 2. The standard InChI is InChI=1S/C29H37ClFN5O3/c1-6-7-22(37)18-35(5)15-14-32-28(39)26(29(2,3)4)33-27(38)25-23-16-20(30)10-13-24(23)36(34-25)17-19-8-11-21(31)12-9-19/h8-13,16,26H,6-7,14-15,17-18H2,1-5H3,(H,32,39)(H,33,38). The van der Waals surface area contributed by atoms with E-state index in [0.717, 1.165) is 12.0 Å². The average Bonchev–Trinajstić information content (AvgIpc) is 3.20. The number of ketones is 1. The SMILES string of the molecule is CCCC(=O)CN(C)CCNC(=O)C(NC(=O)c1nn(Cc2ccc(F)cc2)c2ccc(Cl)cc12)C(C)(C)C. The topological polar surface area (TPSA) is 96.3 Å². The van der Waals surface area contributed by atoms with Crippen molar-refractivity contribution >= 4 is 40.1 Å². The summed E-state index contributed by atoms with van der Waals surface area (Å²) in [6, 6.07) is 10.4. The van der Waals surface area contributed by atoms with Crippen LogP contribution in [-0.4, -0.2) is 65.0 Å². The van der Waals surface area contributed by atoms with Crippen LogP contribution in [-0.2, 0) is 16.1 Å². The van der Waals surface area contributed by atoms with E-state index in [1.54, 1.807) is 35.0 Å². The first-order valence-electron chi connectivity index (χ1n) is 13.1. The second kappa shape index (κ2) is 13.2. The fourth-order valence-electron chi connectivity index (χ4n) is 4.29. The largest absolute Gasteiger partial charge is 0.353 e. The van der Waals surface area contributed by atoms with Crippen molar-refractivity contribution in [3.63, 3.8) is 0 Å². The van der Waals surface area contributed by atoms with Crippen LogP contribution in [0.2, 0.25) is 5.02 Å². The van der Waals surface area contributed by atoms with Crippen LogP contribution in [0.5, 0.6) is 0 Å². The zero-order chi connectivity index (χ0) is 28.7. The third kappa shape index (κ3) is 8.34. The summed E-state index contributed by atoms with van der Waals surface area (Å²) in [5, 5.41) is 11.3. The minimum absolute atomic E-state index is 0.144. The smallest absolute Gasteiger partial charge is 0.273 e.